The lowest BCUT2D eigenvalue weighted by Gasteiger charge is -2.20. The normalized spacial score (nSPS) is 12.2. The second-order valence-corrected chi connectivity index (χ2v) is 3.80. The number of benzene rings is 1. The molecule has 96 valence electrons. The largest absolute Gasteiger partial charge is 0.489 e. The summed E-state index contributed by atoms with van der Waals surface area (Å²) in [7, 11) is 2.02. The van der Waals surface area contributed by atoms with Crippen molar-refractivity contribution in [3.8, 4) is 5.75 Å². The smallest absolute Gasteiger partial charge is 0.151 e. The maximum Gasteiger partial charge on any atom is 0.151 e. The number of nitrogens with zero attached hydrogens (tertiary/aromatic N) is 1. The first kappa shape index (κ1) is 13.8. The molecule has 1 unspecified atom stereocenters. The van der Waals surface area contributed by atoms with Crippen LogP contribution in [0.5, 0.6) is 5.75 Å². The molecule has 0 aliphatic heterocycles. The maximum atomic E-state index is 8.94. The zero-order valence-corrected chi connectivity index (χ0v) is 10.7. The lowest BCUT2D eigenvalue weighted by atomic mass is 10.2. The van der Waals surface area contributed by atoms with Crippen LogP contribution in [0.3, 0.4) is 0 Å². The Morgan fingerprint density at radius 1 is 1.29 bits per heavy atom. The summed E-state index contributed by atoms with van der Waals surface area (Å²) in [6.07, 6.45) is -0.743. The third-order valence-electron chi connectivity index (χ3n) is 2.45. The molecule has 4 nitrogen and oxygen atoms in total. The number of rotatable bonds is 7. The summed E-state index contributed by atoms with van der Waals surface area (Å²) < 4.78 is 10.6. The van der Waals surface area contributed by atoms with Gasteiger partial charge in [-0.25, -0.2) is 0 Å². The predicted molar refractivity (Wildman–Crippen MR) is 68.5 cm³/mol. The van der Waals surface area contributed by atoms with Crippen LogP contribution in [-0.4, -0.2) is 38.2 Å². The van der Waals surface area contributed by atoms with Crippen molar-refractivity contribution in [2.75, 3.05) is 31.7 Å². The summed E-state index contributed by atoms with van der Waals surface area (Å²) in [4.78, 5) is 2.12. The Morgan fingerprint density at radius 2 is 2.00 bits per heavy atom. The summed E-state index contributed by atoms with van der Waals surface area (Å²) in [6.45, 7) is 5.40. The number of aliphatic hydroxyl groups is 1. The molecule has 0 aromatic heterocycles. The standard InChI is InChI=1S/C13H21NO3/c1-4-14(3)12-7-5-6-8-13(12)17-10-9-16-11(2)15/h5-8,11,15H,4,9-10H2,1-3H3. The molecule has 0 aliphatic carbocycles. The minimum absolute atomic E-state index is 0.377. The van der Waals surface area contributed by atoms with Crippen molar-refractivity contribution in [3.05, 3.63) is 24.3 Å². The van der Waals surface area contributed by atoms with Gasteiger partial charge < -0.3 is 19.5 Å². The molecule has 1 rings (SSSR count). The molecule has 0 bridgehead atoms. The van der Waals surface area contributed by atoms with E-state index in [-0.39, 0.29) is 0 Å². The van der Waals surface area contributed by atoms with Gasteiger partial charge in [-0.05, 0) is 26.0 Å². The highest BCUT2D eigenvalue weighted by Crippen LogP contribution is 2.26. The molecule has 4 heteroatoms. The fraction of sp³-hybridized carbons (Fsp3) is 0.538. The number of anilines is 1. The summed E-state index contributed by atoms with van der Waals surface area (Å²) in [5.74, 6) is 0.839. The molecular formula is C13H21NO3. The third-order valence-corrected chi connectivity index (χ3v) is 2.45. The molecular weight excluding hydrogens is 218 g/mol. The van der Waals surface area contributed by atoms with Crippen LogP contribution in [0.1, 0.15) is 13.8 Å². The van der Waals surface area contributed by atoms with E-state index in [2.05, 4.69) is 11.8 Å². The number of hydrogen-bond donors (Lipinski definition) is 1. The Bertz CT molecular complexity index is 328. The van der Waals surface area contributed by atoms with Gasteiger partial charge in [0.1, 0.15) is 12.4 Å². The molecule has 0 aliphatic rings. The molecule has 1 atom stereocenters. The lowest BCUT2D eigenvalue weighted by Crippen LogP contribution is -2.18. The molecule has 1 aromatic rings. The van der Waals surface area contributed by atoms with Crippen LogP contribution in [-0.2, 0) is 4.74 Å². The van der Waals surface area contributed by atoms with Crippen molar-refractivity contribution >= 4 is 5.69 Å². The van der Waals surface area contributed by atoms with Crippen LogP contribution in [0.2, 0.25) is 0 Å². The van der Waals surface area contributed by atoms with Crippen LogP contribution in [0.15, 0.2) is 24.3 Å². The second-order valence-electron chi connectivity index (χ2n) is 3.80. The Labute approximate surface area is 103 Å². The first-order valence-corrected chi connectivity index (χ1v) is 5.87. The first-order valence-electron chi connectivity index (χ1n) is 5.87. The van der Waals surface area contributed by atoms with Crippen molar-refractivity contribution in [1.29, 1.82) is 0 Å². The van der Waals surface area contributed by atoms with E-state index >= 15 is 0 Å². The monoisotopic (exact) mass is 239 g/mol. The third kappa shape index (κ3) is 4.63. The van der Waals surface area contributed by atoms with Crippen molar-refractivity contribution < 1.29 is 14.6 Å². The highest BCUT2D eigenvalue weighted by Gasteiger charge is 2.06. The van der Waals surface area contributed by atoms with Crippen LogP contribution in [0.4, 0.5) is 5.69 Å². The van der Waals surface area contributed by atoms with E-state index in [0.29, 0.717) is 13.2 Å². The summed E-state index contributed by atoms with van der Waals surface area (Å²) in [6, 6.07) is 7.89. The number of para-hydroxylation sites is 2. The van der Waals surface area contributed by atoms with Gasteiger partial charge in [0.25, 0.3) is 0 Å². The number of hydrogen-bond acceptors (Lipinski definition) is 4. The topological polar surface area (TPSA) is 41.9 Å². The van der Waals surface area contributed by atoms with E-state index in [0.717, 1.165) is 18.0 Å². The molecule has 0 radical (unpaired) electrons. The molecule has 1 aromatic carbocycles. The van der Waals surface area contributed by atoms with Crippen molar-refractivity contribution in [1.82, 2.24) is 0 Å². The lowest BCUT2D eigenvalue weighted by molar-refractivity contribution is -0.0913. The van der Waals surface area contributed by atoms with Crippen LogP contribution >= 0.6 is 0 Å². The van der Waals surface area contributed by atoms with Gasteiger partial charge in [0.2, 0.25) is 0 Å². The number of ether oxygens (including phenoxy) is 2. The van der Waals surface area contributed by atoms with Crippen LogP contribution < -0.4 is 9.64 Å². The van der Waals surface area contributed by atoms with Gasteiger partial charge in [0.05, 0.1) is 12.3 Å². The Balaban J connectivity index is 2.52. The maximum absolute atomic E-state index is 8.94. The molecule has 0 saturated carbocycles. The van der Waals surface area contributed by atoms with Crippen molar-refractivity contribution in [3.63, 3.8) is 0 Å². The molecule has 17 heavy (non-hydrogen) atoms. The fourth-order valence-electron chi connectivity index (χ4n) is 1.44. The van der Waals surface area contributed by atoms with Gasteiger partial charge in [-0.2, -0.15) is 0 Å². The minimum Gasteiger partial charge on any atom is -0.489 e. The Morgan fingerprint density at radius 3 is 2.65 bits per heavy atom. The van der Waals surface area contributed by atoms with E-state index in [1.54, 1.807) is 6.92 Å². The SMILES string of the molecule is CCN(C)c1ccccc1OCCOC(C)O. The summed E-state index contributed by atoms with van der Waals surface area (Å²) in [5.41, 5.74) is 1.06. The fourth-order valence-corrected chi connectivity index (χ4v) is 1.44. The molecule has 0 saturated heterocycles. The second kappa shape index (κ2) is 7.14. The van der Waals surface area contributed by atoms with Crippen LogP contribution in [0.25, 0.3) is 0 Å². The quantitative estimate of drug-likeness (QED) is 0.582. The van der Waals surface area contributed by atoms with Gasteiger partial charge in [0, 0.05) is 13.6 Å². The predicted octanol–water partition coefficient (Wildman–Crippen LogP) is 1.88. The van der Waals surface area contributed by atoms with Gasteiger partial charge in [-0.15, -0.1) is 0 Å². The van der Waals surface area contributed by atoms with Crippen LogP contribution in [0, 0.1) is 0 Å². The highest BCUT2D eigenvalue weighted by atomic mass is 16.6. The van der Waals surface area contributed by atoms with Gasteiger partial charge in [0.15, 0.2) is 6.29 Å². The van der Waals surface area contributed by atoms with Gasteiger partial charge >= 0.3 is 0 Å². The molecule has 0 fully saturated rings. The average molecular weight is 239 g/mol. The zero-order chi connectivity index (χ0) is 12.7. The van der Waals surface area contributed by atoms with Gasteiger partial charge in [-0.1, -0.05) is 12.1 Å². The van der Waals surface area contributed by atoms with Crippen molar-refractivity contribution in [2.24, 2.45) is 0 Å². The molecule has 0 heterocycles. The molecule has 0 amide bonds. The molecule has 0 spiro atoms. The van der Waals surface area contributed by atoms with E-state index in [1.807, 2.05) is 31.3 Å². The average Bonchev–Trinajstić information content (AvgIpc) is 2.34. The Hall–Kier alpha value is -1.26. The van der Waals surface area contributed by atoms with E-state index < -0.39 is 6.29 Å². The molecule has 1 N–H and O–H groups in total. The van der Waals surface area contributed by atoms with E-state index in [9.17, 15) is 0 Å². The summed E-state index contributed by atoms with van der Waals surface area (Å²) >= 11 is 0. The Kier molecular flexibility index (Phi) is 5.80. The van der Waals surface area contributed by atoms with Crippen molar-refractivity contribution in [2.45, 2.75) is 20.1 Å². The van der Waals surface area contributed by atoms with E-state index in [1.165, 1.54) is 0 Å². The van der Waals surface area contributed by atoms with Gasteiger partial charge in [-0.3, -0.25) is 0 Å². The minimum atomic E-state index is -0.743. The first-order chi connectivity index (χ1) is 8.15. The van der Waals surface area contributed by atoms with E-state index in [4.69, 9.17) is 14.6 Å². The number of aliphatic hydroxyl groups excluding tert-OH is 1. The highest BCUT2D eigenvalue weighted by molar-refractivity contribution is 5.57. The summed E-state index contributed by atoms with van der Waals surface area (Å²) in [5, 5.41) is 8.94. The zero-order valence-electron chi connectivity index (χ0n) is 10.7.